The van der Waals surface area contributed by atoms with Gasteiger partial charge in [0.2, 0.25) is 5.88 Å². The predicted molar refractivity (Wildman–Crippen MR) is 108 cm³/mol. The number of hydrogen-bond donors (Lipinski definition) is 1. The zero-order valence-corrected chi connectivity index (χ0v) is 17.0. The van der Waals surface area contributed by atoms with Crippen LogP contribution in [0.15, 0.2) is 36.2 Å². The minimum Gasteiger partial charge on any atom is -0.512 e. The minimum absolute atomic E-state index is 0.0572. The van der Waals surface area contributed by atoms with Crippen LogP contribution < -0.4 is 4.74 Å². The number of aromatic nitrogens is 1. The third-order valence-corrected chi connectivity index (χ3v) is 5.05. The van der Waals surface area contributed by atoms with Crippen molar-refractivity contribution in [1.82, 2.24) is 4.98 Å². The number of aliphatic hydroxyl groups is 1. The number of aliphatic hydroxyl groups excluding tert-OH is 1. The third kappa shape index (κ3) is 4.28. The normalized spacial score (nSPS) is 16.6. The SMILES string of the molecule is CCc1ccc(Oc2ncc(Cl)cc2Cl)cc1C1=C(O)CC(C)(C)CC1=O. The number of pyridine rings is 1. The van der Waals surface area contributed by atoms with Crippen LogP contribution in [-0.4, -0.2) is 15.9 Å². The molecular formula is C21H21Cl2NO3. The van der Waals surface area contributed by atoms with Gasteiger partial charge in [0, 0.05) is 19.0 Å². The molecule has 0 atom stereocenters. The third-order valence-electron chi connectivity index (χ3n) is 4.57. The fourth-order valence-electron chi connectivity index (χ4n) is 3.34. The van der Waals surface area contributed by atoms with Gasteiger partial charge in [-0.3, -0.25) is 4.79 Å². The molecular weight excluding hydrogens is 385 g/mol. The Morgan fingerprint density at radius 1 is 1.22 bits per heavy atom. The molecule has 1 N–H and O–H groups in total. The number of hydrogen-bond acceptors (Lipinski definition) is 4. The molecule has 0 spiro atoms. The van der Waals surface area contributed by atoms with Crippen molar-refractivity contribution in [3.63, 3.8) is 0 Å². The molecule has 27 heavy (non-hydrogen) atoms. The number of halogens is 2. The van der Waals surface area contributed by atoms with E-state index in [1.54, 1.807) is 18.2 Å². The van der Waals surface area contributed by atoms with Gasteiger partial charge < -0.3 is 9.84 Å². The molecule has 142 valence electrons. The number of Topliss-reactive ketones (excluding diaryl/α,β-unsaturated/α-hetero) is 1. The highest BCUT2D eigenvalue weighted by atomic mass is 35.5. The molecule has 0 saturated carbocycles. The summed E-state index contributed by atoms with van der Waals surface area (Å²) in [5.41, 5.74) is 1.79. The number of ether oxygens (including phenoxy) is 1. The number of allylic oxidation sites excluding steroid dienone is 2. The molecule has 1 aliphatic rings. The molecule has 1 aliphatic carbocycles. The topological polar surface area (TPSA) is 59.4 Å². The van der Waals surface area contributed by atoms with Crippen molar-refractivity contribution in [3.05, 3.63) is 57.4 Å². The second kappa shape index (κ2) is 7.53. The van der Waals surface area contributed by atoms with Gasteiger partial charge in [-0.15, -0.1) is 0 Å². The maximum Gasteiger partial charge on any atom is 0.238 e. The van der Waals surface area contributed by atoms with E-state index in [1.807, 2.05) is 26.8 Å². The highest BCUT2D eigenvalue weighted by Crippen LogP contribution is 2.41. The number of carbonyl (C=O) groups is 1. The van der Waals surface area contributed by atoms with E-state index in [4.69, 9.17) is 27.9 Å². The first kappa shape index (κ1) is 19.7. The van der Waals surface area contributed by atoms with Crippen LogP contribution in [0.4, 0.5) is 0 Å². The van der Waals surface area contributed by atoms with E-state index in [-0.39, 0.29) is 22.8 Å². The molecule has 2 aromatic rings. The summed E-state index contributed by atoms with van der Waals surface area (Å²) >= 11 is 12.0. The molecule has 6 heteroatoms. The minimum atomic E-state index is -0.244. The van der Waals surface area contributed by atoms with Crippen LogP contribution in [0.1, 0.15) is 44.7 Å². The summed E-state index contributed by atoms with van der Waals surface area (Å²) in [6, 6.07) is 6.99. The van der Waals surface area contributed by atoms with Crippen molar-refractivity contribution in [3.8, 4) is 11.6 Å². The van der Waals surface area contributed by atoms with Crippen molar-refractivity contribution in [2.45, 2.75) is 40.0 Å². The zero-order valence-electron chi connectivity index (χ0n) is 15.5. The van der Waals surface area contributed by atoms with Gasteiger partial charge in [0.25, 0.3) is 0 Å². The lowest BCUT2D eigenvalue weighted by Gasteiger charge is -2.30. The number of ketones is 1. The average Bonchev–Trinajstić information content (AvgIpc) is 2.56. The Kier molecular flexibility index (Phi) is 5.50. The van der Waals surface area contributed by atoms with Crippen molar-refractivity contribution >= 4 is 34.6 Å². The Labute approximate surface area is 168 Å². The van der Waals surface area contributed by atoms with Crippen LogP contribution in [0.5, 0.6) is 11.6 Å². The highest BCUT2D eigenvalue weighted by molar-refractivity contribution is 6.35. The van der Waals surface area contributed by atoms with E-state index >= 15 is 0 Å². The summed E-state index contributed by atoms with van der Waals surface area (Å²) < 4.78 is 5.79. The first-order valence-corrected chi connectivity index (χ1v) is 9.53. The standard InChI is InChI=1S/C21H21Cl2NO3/c1-4-12-5-6-14(27-20-16(23)7-13(22)11-24-20)8-15(12)19-17(25)9-21(2,3)10-18(19)26/h5-8,11,25H,4,9-10H2,1-3H3. The van der Waals surface area contributed by atoms with Crippen molar-refractivity contribution < 1.29 is 14.6 Å². The molecule has 0 bridgehead atoms. The Hall–Kier alpha value is -2.04. The maximum absolute atomic E-state index is 12.7. The Bertz CT molecular complexity index is 935. The average molecular weight is 406 g/mol. The molecule has 1 aromatic carbocycles. The predicted octanol–water partition coefficient (Wildman–Crippen LogP) is 6.40. The fraction of sp³-hybridized carbons (Fsp3) is 0.333. The van der Waals surface area contributed by atoms with Gasteiger partial charge in [-0.25, -0.2) is 4.98 Å². The number of benzene rings is 1. The number of rotatable bonds is 4. The van der Waals surface area contributed by atoms with Crippen LogP contribution in [-0.2, 0) is 11.2 Å². The number of aryl methyl sites for hydroxylation is 1. The van der Waals surface area contributed by atoms with Gasteiger partial charge in [0.1, 0.15) is 16.5 Å². The van der Waals surface area contributed by atoms with Gasteiger partial charge in [0.05, 0.1) is 10.6 Å². The zero-order chi connectivity index (χ0) is 19.8. The van der Waals surface area contributed by atoms with E-state index in [0.29, 0.717) is 39.8 Å². The molecule has 0 saturated heterocycles. The molecule has 4 nitrogen and oxygen atoms in total. The van der Waals surface area contributed by atoms with Gasteiger partial charge in [-0.1, -0.05) is 50.0 Å². The summed E-state index contributed by atoms with van der Waals surface area (Å²) in [7, 11) is 0. The Balaban J connectivity index is 2.03. The maximum atomic E-state index is 12.7. The van der Waals surface area contributed by atoms with Crippen molar-refractivity contribution in [2.75, 3.05) is 0 Å². The lowest BCUT2D eigenvalue weighted by atomic mass is 9.74. The summed E-state index contributed by atoms with van der Waals surface area (Å²) in [6.07, 6.45) is 3.03. The van der Waals surface area contributed by atoms with Gasteiger partial charge in [0.15, 0.2) is 5.78 Å². The molecule has 0 unspecified atom stereocenters. The summed E-state index contributed by atoms with van der Waals surface area (Å²) in [5.74, 6) is 0.784. The Morgan fingerprint density at radius 3 is 2.59 bits per heavy atom. The summed E-state index contributed by atoms with van der Waals surface area (Å²) in [4.78, 5) is 16.8. The van der Waals surface area contributed by atoms with Crippen LogP contribution in [0.2, 0.25) is 10.0 Å². The first-order chi connectivity index (χ1) is 12.7. The second-order valence-electron chi connectivity index (χ2n) is 7.48. The second-order valence-corrected chi connectivity index (χ2v) is 8.32. The first-order valence-electron chi connectivity index (χ1n) is 8.77. The quantitative estimate of drug-likeness (QED) is 0.638. The van der Waals surface area contributed by atoms with Crippen LogP contribution in [0, 0.1) is 5.41 Å². The lowest BCUT2D eigenvalue weighted by Crippen LogP contribution is -2.25. The Morgan fingerprint density at radius 2 is 1.96 bits per heavy atom. The molecule has 0 radical (unpaired) electrons. The van der Waals surface area contributed by atoms with E-state index < -0.39 is 0 Å². The van der Waals surface area contributed by atoms with Gasteiger partial charge in [-0.05, 0) is 41.2 Å². The van der Waals surface area contributed by atoms with Crippen molar-refractivity contribution in [2.24, 2.45) is 5.41 Å². The van der Waals surface area contributed by atoms with E-state index in [1.165, 1.54) is 6.20 Å². The summed E-state index contributed by atoms with van der Waals surface area (Å²) in [5, 5.41) is 11.3. The highest BCUT2D eigenvalue weighted by Gasteiger charge is 2.34. The molecule has 0 aliphatic heterocycles. The summed E-state index contributed by atoms with van der Waals surface area (Å²) in [6.45, 7) is 5.96. The number of carbonyl (C=O) groups excluding carboxylic acids is 1. The fourth-order valence-corrected chi connectivity index (χ4v) is 3.76. The molecule has 0 amide bonds. The number of nitrogens with zero attached hydrogens (tertiary/aromatic N) is 1. The largest absolute Gasteiger partial charge is 0.512 e. The molecule has 1 aromatic heterocycles. The molecule has 1 heterocycles. The van der Waals surface area contributed by atoms with Crippen LogP contribution in [0.3, 0.4) is 0 Å². The van der Waals surface area contributed by atoms with Crippen LogP contribution >= 0.6 is 23.2 Å². The van der Waals surface area contributed by atoms with E-state index in [9.17, 15) is 9.90 Å². The lowest BCUT2D eigenvalue weighted by molar-refractivity contribution is -0.116. The molecule has 3 rings (SSSR count). The van der Waals surface area contributed by atoms with E-state index in [2.05, 4.69) is 4.98 Å². The van der Waals surface area contributed by atoms with Crippen molar-refractivity contribution in [1.29, 1.82) is 0 Å². The monoisotopic (exact) mass is 405 g/mol. The smallest absolute Gasteiger partial charge is 0.238 e. The van der Waals surface area contributed by atoms with E-state index in [0.717, 1.165) is 12.0 Å². The van der Waals surface area contributed by atoms with Gasteiger partial charge >= 0.3 is 0 Å². The van der Waals surface area contributed by atoms with Crippen LogP contribution in [0.25, 0.3) is 5.57 Å². The van der Waals surface area contributed by atoms with Gasteiger partial charge in [-0.2, -0.15) is 0 Å². The molecule has 0 fully saturated rings.